The molecule has 2 N–H and O–H groups in total. The second-order valence-corrected chi connectivity index (χ2v) is 8.08. The first-order chi connectivity index (χ1) is 10.4. The molecule has 0 bridgehead atoms. The maximum atomic E-state index is 12.7. The molecule has 1 aromatic rings. The molecule has 1 aliphatic heterocycles. The van der Waals surface area contributed by atoms with Crippen molar-refractivity contribution in [2.45, 2.75) is 44.1 Å². The third kappa shape index (κ3) is 3.67. The lowest BCUT2D eigenvalue weighted by molar-refractivity contribution is 0.0612. The van der Waals surface area contributed by atoms with E-state index in [0.717, 1.165) is 44.1 Å². The molecule has 0 radical (unpaired) electrons. The fraction of sp³-hybridized carbons (Fsp3) is 0.714. The first kappa shape index (κ1) is 15.5. The molecule has 2 heterocycles. The van der Waals surface area contributed by atoms with Gasteiger partial charge in [0.1, 0.15) is 5.69 Å². The predicted molar refractivity (Wildman–Crippen MR) is 82.1 cm³/mol. The van der Waals surface area contributed by atoms with Crippen molar-refractivity contribution in [1.82, 2.24) is 19.8 Å². The summed E-state index contributed by atoms with van der Waals surface area (Å²) in [6, 6.07) is 1.74. The molecule has 22 heavy (non-hydrogen) atoms. The van der Waals surface area contributed by atoms with E-state index in [1.165, 1.54) is 0 Å². The van der Waals surface area contributed by atoms with Crippen LogP contribution >= 0.6 is 0 Å². The van der Waals surface area contributed by atoms with Crippen molar-refractivity contribution in [3.8, 4) is 0 Å². The maximum absolute atomic E-state index is 12.7. The van der Waals surface area contributed by atoms with Crippen LogP contribution < -0.4 is 4.72 Å². The van der Waals surface area contributed by atoms with E-state index in [0.29, 0.717) is 18.2 Å². The van der Waals surface area contributed by atoms with Gasteiger partial charge in [-0.25, -0.2) is 13.1 Å². The Hall–Kier alpha value is -1.41. The molecular formula is C14H22N4O3S. The van der Waals surface area contributed by atoms with Crippen LogP contribution in [0.3, 0.4) is 0 Å². The Bertz CT molecular complexity index is 651. The van der Waals surface area contributed by atoms with Gasteiger partial charge >= 0.3 is 0 Å². The first-order valence-electron chi connectivity index (χ1n) is 7.75. The molecule has 1 atom stereocenters. The van der Waals surface area contributed by atoms with Gasteiger partial charge in [0.25, 0.3) is 5.91 Å². The highest BCUT2D eigenvalue weighted by Crippen LogP contribution is 2.39. The van der Waals surface area contributed by atoms with E-state index in [1.807, 2.05) is 6.07 Å². The fourth-order valence-electron chi connectivity index (χ4n) is 2.92. The number of hydrogen-bond acceptors (Lipinski definition) is 4. The van der Waals surface area contributed by atoms with Crippen LogP contribution in [0.1, 0.15) is 54.2 Å². The minimum absolute atomic E-state index is 0.1000. The highest BCUT2D eigenvalue weighted by atomic mass is 32.2. The molecule has 1 unspecified atom stereocenters. The third-order valence-electron chi connectivity index (χ3n) is 4.30. The Morgan fingerprint density at radius 1 is 1.41 bits per heavy atom. The molecule has 1 saturated carbocycles. The van der Waals surface area contributed by atoms with Crippen LogP contribution in [0.4, 0.5) is 0 Å². The van der Waals surface area contributed by atoms with Crippen molar-refractivity contribution in [2.75, 3.05) is 19.3 Å². The number of nitrogens with one attached hydrogen (secondary N) is 2. The Morgan fingerprint density at radius 3 is 2.86 bits per heavy atom. The van der Waals surface area contributed by atoms with Crippen molar-refractivity contribution in [3.05, 3.63) is 17.5 Å². The van der Waals surface area contributed by atoms with Crippen molar-refractivity contribution in [2.24, 2.45) is 0 Å². The average Bonchev–Trinajstić information content (AvgIpc) is 3.21. The number of nitrogens with zero attached hydrogens (tertiary/aromatic N) is 2. The fourth-order valence-corrected chi connectivity index (χ4v) is 3.42. The topological polar surface area (TPSA) is 95.2 Å². The number of amides is 1. The number of hydrogen-bond donors (Lipinski definition) is 2. The second kappa shape index (κ2) is 6.00. The summed E-state index contributed by atoms with van der Waals surface area (Å²) in [6.45, 7) is 0.922. The van der Waals surface area contributed by atoms with Gasteiger partial charge in [-0.3, -0.25) is 9.89 Å². The lowest BCUT2D eigenvalue weighted by Gasteiger charge is -2.35. The predicted octanol–water partition coefficient (Wildman–Crippen LogP) is 0.831. The summed E-state index contributed by atoms with van der Waals surface area (Å²) in [4.78, 5) is 14.4. The number of aromatic nitrogens is 2. The Morgan fingerprint density at radius 2 is 2.18 bits per heavy atom. The summed E-state index contributed by atoms with van der Waals surface area (Å²) in [5.74, 6) is 0.418. The molecule has 3 rings (SSSR count). The molecule has 0 aromatic carbocycles. The molecule has 122 valence electrons. The van der Waals surface area contributed by atoms with Gasteiger partial charge in [0, 0.05) is 30.7 Å². The molecule has 2 aliphatic rings. The van der Waals surface area contributed by atoms with Crippen molar-refractivity contribution in [1.29, 1.82) is 0 Å². The minimum Gasteiger partial charge on any atom is -0.333 e. The van der Waals surface area contributed by atoms with Crippen LogP contribution in [0.5, 0.6) is 0 Å². The molecule has 1 amide bonds. The van der Waals surface area contributed by atoms with Gasteiger partial charge in [-0.05, 0) is 38.2 Å². The smallest absolute Gasteiger partial charge is 0.274 e. The van der Waals surface area contributed by atoms with E-state index >= 15 is 0 Å². The maximum Gasteiger partial charge on any atom is 0.274 e. The largest absolute Gasteiger partial charge is 0.333 e. The van der Waals surface area contributed by atoms with Gasteiger partial charge in [0.2, 0.25) is 10.0 Å². The molecule has 1 saturated heterocycles. The Kier molecular flexibility index (Phi) is 4.22. The highest BCUT2D eigenvalue weighted by molar-refractivity contribution is 7.88. The molecule has 1 aliphatic carbocycles. The standard InChI is InChI=1S/C14H22N4O3S/c1-22(20,21)15-9-11-4-2-3-7-18(11)14(19)13-8-12(16-17-13)10-5-6-10/h8,10-11,15H,2-7,9H2,1H3,(H,16,17). The Labute approximate surface area is 130 Å². The first-order valence-corrected chi connectivity index (χ1v) is 9.64. The molecule has 8 heteroatoms. The zero-order valence-corrected chi connectivity index (χ0v) is 13.5. The van der Waals surface area contributed by atoms with Gasteiger partial charge in [-0.2, -0.15) is 5.10 Å². The zero-order chi connectivity index (χ0) is 15.7. The summed E-state index contributed by atoms with van der Waals surface area (Å²) in [6.07, 6.45) is 6.21. The second-order valence-electron chi connectivity index (χ2n) is 6.25. The van der Waals surface area contributed by atoms with Crippen molar-refractivity contribution in [3.63, 3.8) is 0 Å². The SMILES string of the molecule is CS(=O)(=O)NCC1CCCCN1C(=O)c1cc(C2CC2)[nH]n1. The summed E-state index contributed by atoms with van der Waals surface area (Å²) < 4.78 is 25.1. The van der Waals surface area contributed by atoms with Crippen LogP contribution in [-0.4, -0.2) is 54.8 Å². The van der Waals surface area contributed by atoms with Crippen LogP contribution in [0, 0.1) is 0 Å². The monoisotopic (exact) mass is 326 g/mol. The van der Waals surface area contributed by atoms with Crippen LogP contribution in [0.25, 0.3) is 0 Å². The average molecular weight is 326 g/mol. The number of aromatic amines is 1. The number of rotatable bonds is 5. The molecular weight excluding hydrogens is 304 g/mol. The molecule has 2 fully saturated rings. The number of H-pyrrole nitrogens is 1. The zero-order valence-electron chi connectivity index (χ0n) is 12.7. The van der Waals surface area contributed by atoms with E-state index in [-0.39, 0.29) is 18.5 Å². The summed E-state index contributed by atoms with van der Waals surface area (Å²) in [5, 5.41) is 7.09. The van der Waals surface area contributed by atoms with Crippen molar-refractivity contribution < 1.29 is 13.2 Å². The Balaban J connectivity index is 1.69. The number of sulfonamides is 1. The van der Waals surface area contributed by atoms with Crippen molar-refractivity contribution >= 4 is 15.9 Å². The van der Waals surface area contributed by atoms with Crippen LogP contribution in [0.15, 0.2) is 6.07 Å². The van der Waals surface area contributed by atoms with Gasteiger partial charge in [0.05, 0.1) is 6.26 Å². The molecule has 7 nitrogen and oxygen atoms in total. The minimum atomic E-state index is -3.25. The number of carbonyl (C=O) groups excluding carboxylic acids is 1. The summed E-state index contributed by atoms with van der Waals surface area (Å²) in [7, 11) is -3.25. The highest BCUT2D eigenvalue weighted by Gasteiger charge is 2.31. The van der Waals surface area contributed by atoms with E-state index in [2.05, 4.69) is 14.9 Å². The number of carbonyl (C=O) groups is 1. The van der Waals surface area contributed by atoms with Crippen LogP contribution in [-0.2, 0) is 10.0 Å². The van der Waals surface area contributed by atoms with E-state index in [1.54, 1.807) is 4.90 Å². The van der Waals surface area contributed by atoms with E-state index < -0.39 is 10.0 Å². The lowest BCUT2D eigenvalue weighted by Crippen LogP contribution is -2.49. The van der Waals surface area contributed by atoms with Gasteiger partial charge < -0.3 is 4.90 Å². The van der Waals surface area contributed by atoms with Gasteiger partial charge in [-0.15, -0.1) is 0 Å². The summed E-state index contributed by atoms with van der Waals surface area (Å²) in [5.41, 5.74) is 1.47. The van der Waals surface area contributed by atoms with Gasteiger partial charge in [-0.1, -0.05) is 0 Å². The third-order valence-corrected chi connectivity index (χ3v) is 4.99. The number of likely N-dealkylation sites (tertiary alicyclic amines) is 1. The van der Waals surface area contributed by atoms with E-state index in [9.17, 15) is 13.2 Å². The normalized spacial score (nSPS) is 22.8. The van der Waals surface area contributed by atoms with Gasteiger partial charge in [0.15, 0.2) is 0 Å². The molecule has 1 aromatic heterocycles. The van der Waals surface area contributed by atoms with E-state index in [4.69, 9.17) is 0 Å². The lowest BCUT2D eigenvalue weighted by atomic mass is 10.0. The molecule has 0 spiro atoms. The number of piperidine rings is 1. The summed E-state index contributed by atoms with van der Waals surface area (Å²) >= 11 is 0. The van der Waals surface area contributed by atoms with Crippen LogP contribution in [0.2, 0.25) is 0 Å². The quantitative estimate of drug-likeness (QED) is 0.838.